The number of H-pyrrole nitrogens is 1. The summed E-state index contributed by atoms with van der Waals surface area (Å²) in [5.74, 6) is 0.445. The van der Waals surface area contributed by atoms with E-state index in [1.54, 1.807) is 48.5 Å². The Hall–Kier alpha value is -2.59. The van der Waals surface area contributed by atoms with Crippen molar-refractivity contribution in [3.63, 3.8) is 0 Å². The first kappa shape index (κ1) is 14.4. The van der Waals surface area contributed by atoms with E-state index in [2.05, 4.69) is 4.98 Å². The fourth-order valence-electron chi connectivity index (χ4n) is 2.09. The van der Waals surface area contributed by atoms with E-state index in [-0.39, 0.29) is 17.9 Å². The Labute approximate surface area is 131 Å². The van der Waals surface area contributed by atoms with Crippen LogP contribution in [0.3, 0.4) is 0 Å². The van der Waals surface area contributed by atoms with E-state index >= 15 is 0 Å². The number of carbonyl (C=O) groups excluding carboxylic acids is 1. The summed E-state index contributed by atoms with van der Waals surface area (Å²) in [6.45, 7) is -0.0590. The molecule has 0 aliphatic heterocycles. The predicted molar refractivity (Wildman–Crippen MR) is 85.8 cm³/mol. The van der Waals surface area contributed by atoms with E-state index < -0.39 is 0 Å². The van der Waals surface area contributed by atoms with Crippen LogP contribution in [0.15, 0.2) is 59.4 Å². The van der Waals surface area contributed by atoms with E-state index in [0.717, 1.165) is 10.9 Å². The third kappa shape index (κ3) is 3.18. The number of aromatic nitrogens is 1. The van der Waals surface area contributed by atoms with Crippen molar-refractivity contribution in [1.82, 2.24) is 4.98 Å². The van der Waals surface area contributed by atoms with Crippen molar-refractivity contribution in [2.45, 2.75) is 0 Å². The maximum atomic E-state index is 12.0. The van der Waals surface area contributed by atoms with Crippen LogP contribution in [0, 0.1) is 0 Å². The van der Waals surface area contributed by atoms with Crippen LogP contribution in [0.4, 0.5) is 0 Å². The quantitative estimate of drug-likeness (QED) is 0.751. The summed E-state index contributed by atoms with van der Waals surface area (Å²) in [6.07, 6.45) is 0. The zero-order chi connectivity index (χ0) is 15.5. The van der Waals surface area contributed by atoms with Crippen LogP contribution in [0.25, 0.3) is 10.9 Å². The molecule has 3 rings (SSSR count). The van der Waals surface area contributed by atoms with Gasteiger partial charge in [0.05, 0.1) is 0 Å². The van der Waals surface area contributed by atoms with Gasteiger partial charge in [-0.05, 0) is 48.5 Å². The summed E-state index contributed by atoms with van der Waals surface area (Å²) >= 11 is 5.79. The van der Waals surface area contributed by atoms with Gasteiger partial charge in [0.25, 0.3) is 0 Å². The zero-order valence-electron chi connectivity index (χ0n) is 11.5. The molecule has 3 aromatic rings. The maximum absolute atomic E-state index is 12.0. The van der Waals surface area contributed by atoms with Gasteiger partial charge in [0.15, 0.2) is 12.4 Å². The number of benzene rings is 2. The minimum Gasteiger partial charge on any atom is -0.485 e. The topological polar surface area (TPSA) is 59.2 Å². The molecule has 5 heteroatoms. The molecule has 0 unspecified atom stereocenters. The van der Waals surface area contributed by atoms with Crippen LogP contribution in [0.2, 0.25) is 5.02 Å². The number of nitrogens with one attached hydrogen (secondary N) is 1. The van der Waals surface area contributed by atoms with Crippen molar-refractivity contribution in [2.75, 3.05) is 6.61 Å². The summed E-state index contributed by atoms with van der Waals surface area (Å²) in [7, 11) is 0. The SMILES string of the molecule is O=C(COc1ccc2[nH]c(=O)ccc2c1)c1ccc(Cl)cc1. The molecular weight excluding hydrogens is 302 g/mol. The van der Waals surface area contributed by atoms with Crippen LogP contribution in [-0.4, -0.2) is 17.4 Å². The molecule has 1 N–H and O–H groups in total. The highest BCUT2D eigenvalue weighted by molar-refractivity contribution is 6.30. The van der Waals surface area contributed by atoms with Gasteiger partial charge in [-0.15, -0.1) is 0 Å². The molecule has 0 amide bonds. The van der Waals surface area contributed by atoms with E-state index in [9.17, 15) is 9.59 Å². The van der Waals surface area contributed by atoms with E-state index in [1.807, 2.05) is 0 Å². The molecule has 4 nitrogen and oxygen atoms in total. The molecular formula is C17H12ClNO3. The molecule has 0 saturated carbocycles. The van der Waals surface area contributed by atoms with Crippen molar-refractivity contribution >= 4 is 28.3 Å². The lowest BCUT2D eigenvalue weighted by atomic mass is 10.1. The first-order chi connectivity index (χ1) is 10.6. The van der Waals surface area contributed by atoms with E-state index in [1.165, 1.54) is 6.07 Å². The average Bonchev–Trinajstić information content (AvgIpc) is 2.53. The van der Waals surface area contributed by atoms with Gasteiger partial charge < -0.3 is 9.72 Å². The number of carbonyl (C=O) groups is 1. The third-order valence-corrected chi connectivity index (χ3v) is 3.48. The van der Waals surface area contributed by atoms with E-state index in [0.29, 0.717) is 16.3 Å². The average molecular weight is 314 g/mol. The maximum Gasteiger partial charge on any atom is 0.248 e. The normalized spacial score (nSPS) is 10.6. The molecule has 110 valence electrons. The summed E-state index contributed by atoms with van der Waals surface area (Å²) in [5, 5.41) is 1.43. The van der Waals surface area contributed by atoms with Crippen LogP contribution >= 0.6 is 11.6 Å². The summed E-state index contributed by atoms with van der Waals surface area (Å²) in [5.41, 5.74) is 1.12. The van der Waals surface area contributed by atoms with Gasteiger partial charge >= 0.3 is 0 Å². The van der Waals surface area contributed by atoms with Crippen molar-refractivity contribution in [2.24, 2.45) is 0 Å². The molecule has 1 heterocycles. The number of hydrogen-bond acceptors (Lipinski definition) is 3. The fraction of sp³-hybridized carbons (Fsp3) is 0.0588. The molecule has 0 aliphatic rings. The fourth-order valence-corrected chi connectivity index (χ4v) is 2.22. The number of rotatable bonds is 4. The predicted octanol–water partition coefficient (Wildman–Crippen LogP) is 3.44. The van der Waals surface area contributed by atoms with Gasteiger partial charge in [0.2, 0.25) is 5.56 Å². The second-order valence-corrected chi connectivity index (χ2v) is 5.23. The number of ketones is 1. The van der Waals surface area contributed by atoms with Gasteiger partial charge in [-0.25, -0.2) is 0 Å². The summed E-state index contributed by atoms with van der Waals surface area (Å²) in [6, 6.07) is 15.1. The molecule has 2 aromatic carbocycles. The minimum absolute atomic E-state index is 0.0590. The third-order valence-electron chi connectivity index (χ3n) is 3.23. The molecule has 22 heavy (non-hydrogen) atoms. The lowest BCUT2D eigenvalue weighted by Crippen LogP contribution is -2.11. The number of aromatic amines is 1. The molecule has 0 spiro atoms. The number of hydrogen-bond donors (Lipinski definition) is 1. The van der Waals surface area contributed by atoms with Crippen LogP contribution in [0.5, 0.6) is 5.75 Å². The monoisotopic (exact) mass is 313 g/mol. The van der Waals surface area contributed by atoms with Crippen molar-refractivity contribution in [3.8, 4) is 5.75 Å². The van der Waals surface area contributed by atoms with Crippen LogP contribution in [0.1, 0.15) is 10.4 Å². The number of ether oxygens (including phenoxy) is 1. The van der Waals surface area contributed by atoms with Crippen molar-refractivity contribution in [1.29, 1.82) is 0 Å². The minimum atomic E-state index is -0.154. The Bertz CT molecular complexity index is 884. The Morgan fingerprint density at radius 2 is 1.82 bits per heavy atom. The van der Waals surface area contributed by atoms with Crippen LogP contribution in [-0.2, 0) is 0 Å². The Morgan fingerprint density at radius 1 is 1.05 bits per heavy atom. The van der Waals surface area contributed by atoms with Crippen molar-refractivity contribution < 1.29 is 9.53 Å². The van der Waals surface area contributed by atoms with E-state index in [4.69, 9.17) is 16.3 Å². The molecule has 0 bridgehead atoms. The number of Topliss-reactive ketones (excluding diaryl/α,β-unsaturated/α-hetero) is 1. The van der Waals surface area contributed by atoms with Crippen LogP contribution < -0.4 is 10.3 Å². The first-order valence-corrected chi connectivity index (χ1v) is 7.04. The van der Waals surface area contributed by atoms with Gasteiger partial charge in [0, 0.05) is 27.6 Å². The first-order valence-electron chi connectivity index (χ1n) is 6.66. The van der Waals surface area contributed by atoms with Crippen molar-refractivity contribution in [3.05, 3.63) is 75.5 Å². The highest BCUT2D eigenvalue weighted by atomic mass is 35.5. The second kappa shape index (κ2) is 6.03. The lowest BCUT2D eigenvalue weighted by molar-refractivity contribution is 0.0921. The van der Waals surface area contributed by atoms with Gasteiger partial charge in [-0.3, -0.25) is 9.59 Å². The molecule has 0 radical (unpaired) electrons. The molecule has 1 aromatic heterocycles. The standard InChI is InChI=1S/C17H12ClNO3/c18-13-4-1-11(2-5-13)16(20)10-22-14-6-7-15-12(9-14)3-8-17(21)19-15/h1-9H,10H2,(H,19,21). The summed E-state index contributed by atoms with van der Waals surface area (Å²) < 4.78 is 5.52. The van der Waals surface area contributed by atoms with Gasteiger partial charge in [-0.2, -0.15) is 0 Å². The highest BCUT2D eigenvalue weighted by Gasteiger charge is 2.07. The summed E-state index contributed by atoms with van der Waals surface area (Å²) in [4.78, 5) is 26.0. The highest BCUT2D eigenvalue weighted by Crippen LogP contribution is 2.18. The Balaban J connectivity index is 1.73. The zero-order valence-corrected chi connectivity index (χ0v) is 12.3. The Morgan fingerprint density at radius 3 is 2.59 bits per heavy atom. The molecule has 0 fully saturated rings. The number of halogens is 1. The number of fused-ring (bicyclic) bond motifs is 1. The number of pyridine rings is 1. The second-order valence-electron chi connectivity index (χ2n) is 4.79. The molecule has 0 saturated heterocycles. The molecule has 0 aliphatic carbocycles. The smallest absolute Gasteiger partial charge is 0.248 e. The Kier molecular flexibility index (Phi) is 3.94. The lowest BCUT2D eigenvalue weighted by Gasteiger charge is -2.07. The van der Waals surface area contributed by atoms with Gasteiger partial charge in [-0.1, -0.05) is 11.6 Å². The molecule has 0 atom stereocenters. The largest absolute Gasteiger partial charge is 0.485 e. The van der Waals surface area contributed by atoms with Gasteiger partial charge in [0.1, 0.15) is 5.75 Å².